The summed E-state index contributed by atoms with van der Waals surface area (Å²) < 4.78 is 0. The molecule has 2 aliphatic carbocycles. The predicted molar refractivity (Wildman–Crippen MR) is 72.3 cm³/mol. The first kappa shape index (κ1) is 12.9. The maximum absolute atomic E-state index is 12.8. The normalized spacial score (nSPS) is 42.3. The van der Waals surface area contributed by atoms with Crippen LogP contribution in [-0.4, -0.2) is 34.8 Å². The first-order chi connectivity index (χ1) is 8.97. The lowest BCUT2D eigenvalue weighted by Crippen LogP contribution is -2.70. The highest BCUT2D eigenvalue weighted by Gasteiger charge is 2.55. The number of rotatable bonds is 4. The molecule has 3 fully saturated rings. The molecule has 1 heterocycles. The Bertz CT molecular complexity index is 418. The molecule has 1 saturated heterocycles. The topological polar surface area (TPSA) is 49.4 Å². The molecule has 0 bridgehead atoms. The number of carbonyl (C=O) groups is 2. The highest BCUT2D eigenvalue weighted by molar-refractivity contribution is 6.00. The third-order valence-corrected chi connectivity index (χ3v) is 5.25. The monoisotopic (exact) mass is 264 g/mol. The van der Waals surface area contributed by atoms with E-state index in [9.17, 15) is 9.59 Å². The molecule has 4 nitrogen and oxygen atoms in total. The lowest BCUT2D eigenvalue weighted by Gasteiger charge is -2.44. The molecule has 19 heavy (non-hydrogen) atoms. The molecule has 4 atom stereocenters. The van der Waals surface area contributed by atoms with Crippen LogP contribution in [0, 0.1) is 17.8 Å². The van der Waals surface area contributed by atoms with Crippen molar-refractivity contribution in [3.63, 3.8) is 0 Å². The van der Waals surface area contributed by atoms with Gasteiger partial charge in [0.2, 0.25) is 11.8 Å². The summed E-state index contributed by atoms with van der Waals surface area (Å²) in [5.41, 5.74) is -0.638. The Balaban J connectivity index is 1.82. The summed E-state index contributed by atoms with van der Waals surface area (Å²) in [6, 6.07) is -0.257. The van der Waals surface area contributed by atoms with Crippen LogP contribution >= 0.6 is 0 Å². The van der Waals surface area contributed by atoms with Crippen LogP contribution in [0.25, 0.3) is 0 Å². The Kier molecular flexibility index (Phi) is 2.88. The van der Waals surface area contributed by atoms with Crippen LogP contribution in [0.15, 0.2) is 0 Å². The van der Waals surface area contributed by atoms with Gasteiger partial charge in [0.25, 0.3) is 0 Å². The van der Waals surface area contributed by atoms with E-state index >= 15 is 0 Å². The zero-order valence-electron chi connectivity index (χ0n) is 12.1. The summed E-state index contributed by atoms with van der Waals surface area (Å²) in [7, 11) is 0. The molecule has 3 rings (SSSR count). The van der Waals surface area contributed by atoms with Gasteiger partial charge in [0, 0.05) is 6.54 Å². The number of nitrogens with zero attached hydrogens (tertiary/aromatic N) is 1. The van der Waals surface area contributed by atoms with Crippen molar-refractivity contribution in [3.05, 3.63) is 0 Å². The van der Waals surface area contributed by atoms with Crippen molar-refractivity contribution < 1.29 is 9.59 Å². The molecule has 106 valence electrons. The summed E-state index contributed by atoms with van der Waals surface area (Å²) in [5, 5.41) is 3.01. The van der Waals surface area contributed by atoms with Gasteiger partial charge in [-0.25, -0.2) is 0 Å². The van der Waals surface area contributed by atoms with Crippen molar-refractivity contribution in [2.45, 2.75) is 58.0 Å². The maximum atomic E-state index is 12.8. The van der Waals surface area contributed by atoms with E-state index in [1.165, 1.54) is 6.42 Å². The van der Waals surface area contributed by atoms with Gasteiger partial charge < -0.3 is 10.2 Å². The summed E-state index contributed by atoms with van der Waals surface area (Å²) in [5.74, 6) is 1.86. The highest BCUT2D eigenvalue weighted by Crippen LogP contribution is 2.44. The second-order valence-electron chi connectivity index (χ2n) is 6.82. The van der Waals surface area contributed by atoms with Crippen LogP contribution in [-0.2, 0) is 9.59 Å². The molecule has 0 radical (unpaired) electrons. The van der Waals surface area contributed by atoms with Gasteiger partial charge in [-0.05, 0) is 50.4 Å². The van der Waals surface area contributed by atoms with Crippen molar-refractivity contribution in [2.75, 3.05) is 6.54 Å². The average Bonchev–Trinajstić information content (AvgIpc) is 3.23. The van der Waals surface area contributed by atoms with Crippen molar-refractivity contribution >= 4 is 11.8 Å². The van der Waals surface area contributed by atoms with E-state index in [4.69, 9.17) is 0 Å². The number of piperazine rings is 1. The van der Waals surface area contributed by atoms with Crippen LogP contribution < -0.4 is 5.32 Å². The fourth-order valence-electron chi connectivity index (χ4n) is 3.43. The van der Waals surface area contributed by atoms with Crippen LogP contribution in [0.2, 0.25) is 0 Å². The number of nitrogens with one attached hydrogen (secondary N) is 1. The quantitative estimate of drug-likeness (QED) is 0.837. The first-order valence-electron chi connectivity index (χ1n) is 7.60. The van der Waals surface area contributed by atoms with Crippen molar-refractivity contribution in [1.29, 1.82) is 0 Å². The standard InChI is InChI=1S/C15H24N2O2/c1-4-12-13(18)16-15(3,11-5-6-11)14(19)17(12)8-10-7-9(10)2/h9-12H,4-8H2,1-3H3,(H,16,18). The molecule has 4 unspecified atom stereocenters. The van der Waals surface area contributed by atoms with Crippen molar-refractivity contribution in [3.8, 4) is 0 Å². The van der Waals surface area contributed by atoms with Gasteiger partial charge >= 0.3 is 0 Å². The summed E-state index contributed by atoms with van der Waals surface area (Å²) in [6.07, 6.45) is 4.03. The minimum absolute atomic E-state index is 0.0461. The molecule has 4 heteroatoms. The zero-order chi connectivity index (χ0) is 13.8. The third kappa shape index (κ3) is 2.05. The lowest BCUT2D eigenvalue weighted by molar-refractivity contribution is -0.155. The Labute approximate surface area is 114 Å². The number of carbonyl (C=O) groups excluding carboxylic acids is 2. The summed E-state index contributed by atoms with van der Waals surface area (Å²) >= 11 is 0. The van der Waals surface area contributed by atoms with Gasteiger partial charge in [-0.2, -0.15) is 0 Å². The second-order valence-corrected chi connectivity index (χ2v) is 6.82. The molecular weight excluding hydrogens is 240 g/mol. The maximum Gasteiger partial charge on any atom is 0.249 e. The van der Waals surface area contributed by atoms with Crippen LogP contribution in [0.5, 0.6) is 0 Å². The average molecular weight is 264 g/mol. The van der Waals surface area contributed by atoms with Gasteiger partial charge in [0.15, 0.2) is 0 Å². The molecule has 1 N–H and O–H groups in total. The van der Waals surface area contributed by atoms with E-state index < -0.39 is 5.54 Å². The number of amides is 2. The fraction of sp³-hybridized carbons (Fsp3) is 0.867. The molecule has 0 aromatic carbocycles. The van der Waals surface area contributed by atoms with Crippen LogP contribution in [0.4, 0.5) is 0 Å². The van der Waals surface area contributed by atoms with Gasteiger partial charge in [0.1, 0.15) is 11.6 Å². The van der Waals surface area contributed by atoms with Crippen molar-refractivity contribution in [2.24, 2.45) is 17.8 Å². The summed E-state index contributed by atoms with van der Waals surface area (Å²) in [4.78, 5) is 27.0. The Morgan fingerprint density at radius 1 is 1.37 bits per heavy atom. The molecule has 2 amide bonds. The summed E-state index contributed by atoms with van der Waals surface area (Å²) in [6.45, 7) is 6.90. The molecule has 0 aromatic heterocycles. The molecule has 2 saturated carbocycles. The van der Waals surface area contributed by atoms with E-state index in [2.05, 4.69) is 12.2 Å². The Hall–Kier alpha value is -1.06. The molecule has 1 aliphatic heterocycles. The molecule has 3 aliphatic rings. The Morgan fingerprint density at radius 2 is 2.00 bits per heavy atom. The number of hydrogen-bond donors (Lipinski definition) is 1. The highest BCUT2D eigenvalue weighted by atomic mass is 16.2. The Morgan fingerprint density at radius 3 is 2.47 bits per heavy atom. The fourth-order valence-corrected chi connectivity index (χ4v) is 3.43. The minimum atomic E-state index is -0.638. The van der Waals surface area contributed by atoms with E-state index in [0.717, 1.165) is 19.4 Å². The first-order valence-corrected chi connectivity index (χ1v) is 7.60. The van der Waals surface area contributed by atoms with Gasteiger partial charge in [-0.15, -0.1) is 0 Å². The lowest BCUT2D eigenvalue weighted by atomic mass is 9.88. The minimum Gasteiger partial charge on any atom is -0.340 e. The van der Waals surface area contributed by atoms with Gasteiger partial charge in [-0.3, -0.25) is 9.59 Å². The third-order valence-electron chi connectivity index (χ3n) is 5.25. The predicted octanol–water partition coefficient (Wildman–Crippen LogP) is 1.55. The zero-order valence-corrected chi connectivity index (χ0v) is 12.1. The van der Waals surface area contributed by atoms with Crippen LogP contribution in [0.3, 0.4) is 0 Å². The van der Waals surface area contributed by atoms with E-state index in [-0.39, 0.29) is 17.9 Å². The smallest absolute Gasteiger partial charge is 0.249 e. The van der Waals surface area contributed by atoms with E-state index in [1.807, 2.05) is 18.7 Å². The van der Waals surface area contributed by atoms with Gasteiger partial charge in [0.05, 0.1) is 0 Å². The SMILES string of the molecule is CCC1C(=O)NC(C)(C2CC2)C(=O)N1CC1CC1C. The molecule has 0 spiro atoms. The van der Waals surface area contributed by atoms with E-state index in [1.54, 1.807) is 0 Å². The molecule has 0 aromatic rings. The van der Waals surface area contributed by atoms with Crippen LogP contribution in [0.1, 0.15) is 46.5 Å². The van der Waals surface area contributed by atoms with Crippen molar-refractivity contribution in [1.82, 2.24) is 10.2 Å². The second kappa shape index (κ2) is 4.22. The van der Waals surface area contributed by atoms with E-state index in [0.29, 0.717) is 24.2 Å². The molecular formula is C15H24N2O2. The van der Waals surface area contributed by atoms with Gasteiger partial charge in [-0.1, -0.05) is 13.8 Å². The number of hydrogen-bond acceptors (Lipinski definition) is 2. The largest absolute Gasteiger partial charge is 0.340 e.